The number of fused-ring (bicyclic) bond motifs is 2. The van der Waals surface area contributed by atoms with Gasteiger partial charge in [-0.05, 0) is 68.4 Å². The maximum atomic E-state index is 13.0. The Morgan fingerprint density at radius 1 is 0.976 bits per heavy atom. The lowest BCUT2D eigenvalue weighted by molar-refractivity contribution is 0.0290. The minimum atomic E-state index is -0.585. The lowest BCUT2D eigenvalue weighted by atomic mass is 9.95. The Labute approximate surface area is 250 Å². The molecule has 0 bridgehead atoms. The molecule has 4 N–H and O–H groups in total. The first-order valence-electron chi connectivity index (χ1n) is 14.0. The van der Waals surface area contributed by atoms with Crippen molar-refractivity contribution in [3.63, 3.8) is 0 Å². The second-order valence-electron chi connectivity index (χ2n) is 11.5. The number of ether oxygens (including phenoxy) is 1. The van der Waals surface area contributed by atoms with Crippen LogP contribution >= 0.6 is 11.6 Å². The summed E-state index contributed by atoms with van der Waals surface area (Å²) in [5, 5.41) is 6.15. The van der Waals surface area contributed by atoms with Crippen LogP contribution in [0.5, 0.6) is 0 Å². The third kappa shape index (κ3) is 6.94. The van der Waals surface area contributed by atoms with Crippen LogP contribution in [-0.2, 0) is 17.6 Å². The number of amides is 4. The molecule has 1 saturated heterocycles. The third-order valence-corrected chi connectivity index (χ3v) is 7.53. The zero-order valence-corrected chi connectivity index (χ0v) is 24.6. The van der Waals surface area contributed by atoms with E-state index in [0.29, 0.717) is 19.5 Å². The molecule has 0 spiro atoms. The number of hydrogen-bond acceptors (Lipinski definition) is 6. The van der Waals surface area contributed by atoms with E-state index < -0.39 is 17.7 Å². The molecule has 2 aliphatic rings. The van der Waals surface area contributed by atoms with Gasteiger partial charge in [-0.15, -0.1) is 0 Å². The van der Waals surface area contributed by atoms with Crippen LogP contribution in [0.15, 0.2) is 60.8 Å². The summed E-state index contributed by atoms with van der Waals surface area (Å²) in [6, 6.07) is 16.7. The number of pyridine rings is 1. The van der Waals surface area contributed by atoms with E-state index in [1.165, 1.54) is 23.4 Å². The van der Waals surface area contributed by atoms with Gasteiger partial charge in [0, 0.05) is 25.3 Å². The molecule has 1 aliphatic heterocycles. The van der Waals surface area contributed by atoms with Crippen molar-refractivity contribution in [1.82, 2.24) is 25.9 Å². The van der Waals surface area contributed by atoms with Crippen molar-refractivity contribution in [2.75, 3.05) is 18.5 Å². The zero-order chi connectivity index (χ0) is 29.9. The number of carbonyl (C=O) groups excluding carboxylic acids is 3. The molecule has 0 radical (unpaired) electrons. The van der Waals surface area contributed by atoms with Gasteiger partial charge in [0.15, 0.2) is 5.82 Å². The number of benzene rings is 2. The van der Waals surface area contributed by atoms with Crippen LogP contribution in [0, 0.1) is 0 Å². The van der Waals surface area contributed by atoms with Crippen LogP contribution in [0.2, 0.25) is 5.02 Å². The van der Waals surface area contributed by atoms with Gasteiger partial charge in [-0.2, -0.15) is 0 Å². The largest absolute Gasteiger partial charge is 0.444 e. The summed E-state index contributed by atoms with van der Waals surface area (Å²) in [4.78, 5) is 44.0. The molecule has 1 aromatic heterocycles. The predicted octanol–water partition coefficient (Wildman–Crippen LogP) is 4.99. The molecule has 1 aliphatic carbocycles. The summed E-state index contributed by atoms with van der Waals surface area (Å²) >= 11 is 6.40. The normalized spacial score (nSPS) is 16.5. The predicted molar refractivity (Wildman–Crippen MR) is 160 cm³/mol. The van der Waals surface area contributed by atoms with E-state index in [0.717, 1.165) is 24.0 Å². The average molecular weight is 591 g/mol. The molecule has 42 heavy (non-hydrogen) atoms. The lowest BCUT2D eigenvalue weighted by Gasteiger charge is -2.24. The van der Waals surface area contributed by atoms with E-state index >= 15 is 0 Å². The number of hydrazine groups is 1. The first kappa shape index (κ1) is 29.2. The van der Waals surface area contributed by atoms with Crippen molar-refractivity contribution in [1.29, 1.82) is 0 Å². The summed E-state index contributed by atoms with van der Waals surface area (Å²) in [5.74, 6) is -0.162. The van der Waals surface area contributed by atoms with Crippen molar-refractivity contribution in [2.24, 2.45) is 0 Å². The van der Waals surface area contributed by atoms with E-state index in [1.807, 2.05) is 57.2 Å². The molecule has 2 aromatic carbocycles. The highest BCUT2D eigenvalue weighted by atomic mass is 35.5. The molecule has 2 heterocycles. The van der Waals surface area contributed by atoms with E-state index in [2.05, 4.69) is 38.6 Å². The highest BCUT2D eigenvalue weighted by molar-refractivity contribution is 6.33. The number of aryl methyl sites for hydroxylation is 2. The highest BCUT2D eigenvalue weighted by Crippen LogP contribution is 2.32. The molecule has 220 valence electrons. The van der Waals surface area contributed by atoms with Gasteiger partial charge in [0.25, 0.3) is 5.91 Å². The van der Waals surface area contributed by atoms with Crippen LogP contribution in [0.1, 0.15) is 65.8 Å². The van der Waals surface area contributed by atoms with Gasteiger partial charge in [-0.3, -0.25) is 15.6 Å². The van der Waals surface area contributed by atoms with Crippen molar-refractivity contribution in [3.8, 4) is 0 Å². The third-order valence-electron chi connectivity index (χ3n) is 7.24. The quantitative estimate of drug-likeness (QED) is 0.310. The number of anilines is 1. The molecule has 10 nitrogen and oxygen atoms in total. The Morgan fingerprint density at radius 2 is 1.62 bits per heavy atom. The average Bonchev–Trinajstić information content (AvgIpc) is 3.36. The number of carbonyl (C=O) groups is 3. The summed E-state index contributed by atoms with van der Waals surface area (Å²) in [6.07, 6.45) is 3.38. The van der Waals surface area contributed by atoms with Crippen LogP contribution in [-0.4, -0.2) is 52.6 Å². The Balaban J connectivity index is 1.17. The van der Waals surface area contributed by atoms with E-state index in [1.54, 1.807) is 4.90 Å². The Bertz CT molecular complexity index is 1440. The summed E-state index contributed by atoms with van der Waals surface area (Å²) < 4.78 is 5.41. The molecular weight excluding hydrogens is 556 g/mol. The summed E-state index contributed by atoms with van der Waals surface area (Å²) in [6.45, 7) is 6.29. The first-order valence-corrected chi connectivity index (χ1v) is 14.4. The topological polar surface area (TPSA) is 125 Å². The van der Waals surface area contributed by atoms with Crippen LogP contribution in [0.25, 0.3) is 0 Å². The summed E-state index contributed by atoms with van der Waals surface area (Å²) in [5.41, 5.74) is 9.54. The van der Waals surface area contributed by atoms with Crippen LogP contribution < -0.4 is 21.5 Å². The highest BCUT2D eigenvalue weighted by Gasteiger charge is 2.31. The van der Waals surface area contributed by atoms with Crippen molar-refractivity contribution < 1.29 is 19.1 Å². The maximum Gasteiger partial charge on any atom is 0.410 e. The Hall–Kier alpha value is -4.31. The van der Waals surface area contributed by atoms with Crippen molar-refractivity contribution in [3.05, 3.63) is 93.6 Å². The monoisotopic (exact) mass is 590 g/mol. The molecule has 3 aromatic rings. The fraction of sp³-hybridized carbons (Fsp3) is 0.355. The lowest BCUT2D eigenvalue weighted by Crippen LogP contribution is -2.41. The van der Waals surface area contributed by atoms with Gasteiger partial charge in [0.2, 0.25) is 0 Å². The van der Waals surface area contributed by atoms with Gasteiger partial charge < -0.3 is 20.3 Å². The molecule has 11 heteroatoms. The number of aromatic nitrogens is 1. The Morgan fingerprint density at radius 3 is 2.24 bits per heavy atom. The Kier molecular flexibility index (Phi) is 8.54. The van der Waals surface area contributed by atoms with Gasteiger partial charge >= 0.3 is 12.1 Å². The zero-order valence-electron chi connectivity index (χ0n) is 23.9. The molecule has 0 saturated carbocycles. The number of rotatable bonds is 5. The standard InChI is InChI=1S/C31H35ClN6O4/c1-31(2,3)42-30(41)38-15-14-22(18-38)34-28(39)21-16-25(32)27(33-17-21)36-37-29(40)35-26-23-10-6-4-8-19(23)12-13-20-9-5-7-11-24(20)26/h4-11,16-17,22,26H,12-15,18H2,1-3H3,(H,33,36)(H,34,39)(H2,35,37,40). The van der Waals surface area contributed by atoms with E-state index in [4.69, 9.17) is 16.3 Å². The minimum absolute atomic E-state index is 0.162. The molecule has 1 atom stereocenters. The molecule has 1 unspecified atom stereocenters. The fourth-order valence-corrected chi connectivity index (χ4v) is 5.47. The van der Waals surface area contributed by atoms with Crippen LogP contribution in [0.4, 0.5) is 15.4 Å². The number of nitrogens with one attached hydrogen (secondary N) is 4. The SMILES string of the molecule is CC(C)(C)OC(=O)N1CCC(NC(=O)c2cnc(NNC(=O)NC3c4ccccc4CCc4ccccc43)c(Cl)c2)C1. The number of likely N-dealkylation sites (tertiary alicyclic amines) is 1. The van der Waals surface area contributed by atoms with Crippen molar-refractivity contribution >= 4 is 35.5 Å². The first-order chi connectivity index (χ1) is 20.1. The number of nitrogens with zero attached hydrogens (tertiary/aromatic N) is 2. The number of urea groups is 1. The number of hydrogen-bond donors (Lipinski definition) is 4. The molecule has 5 rings (SSSR count). The van der Waals surface area contributed by atoms with Gasteiger partial charge in [0.05, 0.1) is 16.6 Å². The van der Waals surface area contributed by atoms with Gasteiger partial charge in [-0.25, -0.2) is 14.6 Å². The fourth-order valence-electron chi connectivity index (χ4n) is 5.26. The van der Waals surface area contributed by atoms with Crippen LogP contribution in [0.3, 0.4) is 0 Å². The second-order valence-corrected chi connectivity index (χ2v) is 11.9. The van der Waals surface area contributed by atoms with Gasteiger partial charge in [-0.1, -0.05) is 60.1 Å². The van der Waals surface area contributed by atoms with Gasteiger partial charge in [0.1, 0.15) is 5.60 Å². The van der Waals surface area contributed by atoms with E-state index in [9.17, 15) is 14.4 Å². The molecule has 1 fully saturated rings. The smallest absolute Gasteiger partial charge is 0.410 e. The molecule has 4 amide bonds. The molecular formula is C31H35ClN6O4. The maximum absolute atomic E-state index is 13.0. The second kappa shape index (κ2) is 12.3. The van der Waals surface area contributed by atoms with Crippen molar-refractivity contribution in [2.45, 2.75) is 57.7 Å². The van der Waals surface area contributed by atoms with E-state index in [-0.39, 0.29) is 34.4 Å². The number of halogens is 1. The summed E-state index contributed by atoms with van der Waals surface area (Å²) in [7, 11) is 0. The minimum Gasteiger partial charge on any atom is -0.444 e.